The summed E-state index contributed by atoms with van der Waals surface area (Å²) in [7, 11) is 7.16. The highest BCUT2D eigenvalue weighted by molar-refractivity contribution is 5.56. The summed E-state index contributed by atoms with van der Waals surface area (Å²) in [5.41, 5.74) is 1.72. The van der Waals surface area contributed by atoms with Crippen molar-refractivity contribution in [2.24, 2.45) is 11.8 Å². The molecule has 0 unspecified atom stereocenters. The lowest BCUT2D eigenvalue weighted by molar-refractivity contribution is -0.277. The van der Waals surface area contributed by atoms with Crippen LogP contribution in [0.1, 0.15) is 35.0 Å². The standard InChI is InChI=1S/C38H48O17/c1-46-23-8-17(6-7-22(23)53-38-34(45)33(44)32(43)29(14-40)54-38)30(41)28(13-39)52-37-26(49-4)11-19(12-27(37)50-5)36-21-16-51-15-20(21)35(55-36)18-9-24(47-2)31(42)25(10-18)48-3/h6-12,20-21,28-30,32-36,38-45H,13-16H2,1-5H3/t20-,21+,28+,29+,30-,32+,33-,34+,35+,36-,38+/m0/s1. The summed E-state index contributed by atoms with van der Waals surface area (Å²) in [4.78, 5) is 0. The number of benzene rings is 3. The van der Waals surface area contributed by atoms with Gasteiger partial charge in [-0.05, 0) is 53.1 Å². The Kier molecular flexibility index (Phi) is 12.6. The number of fused-ring (bicyclic) bond motifs is 1. The Balaban J connectivity index is 1.23. The smallest absolute Gasteiger partial charge is 0.229 e. The summed E-state index contributed by atoms with van der Waals surface area (Å²) >= 11 is 0. The van der Waals surface area contributed by atoms with E-state index in [-0.39, 0.29) is 63.4 Å². The van der Waals surface area contributed by atoms with Gasteiger partial charge in [0, 0.05) is 11.8 Å². The van der Waals surface area contributed by atoms with Crippen LogP contribution in [0.15, 0.2) is 42.5 Å². The molecule has 17 nitrogen and oxygen atoms in total. The van der Waals surface area contributed by atoms with Gasteiger partial charge in [-0.15, -0.1) is 0 Å². The van der Waals surface area contributed by atoms with Crippen LogP contribution in [0, 0.1) is 11.8 Å². The van der Waals surface area contributed by atoms with Crippen LogP contribution in [0.2, 0.25) is 0 Å². The number of rotatable bonds is 15. The van der Waals surface area contributed by atoms with Crippen LogP contribution in [0.25, 0.3) is 0 Å². The lowest BCUT2D eigenvalue weighted by atomic mass is 9.85. The van der Waals surface area contributed by atoms with Gasteiger partial charge in [-0.3, -0.25) is 0 Å². The van der Waals surface area contributed by atoms with Gasteiger partial charge in [0.1, 0.15) is 30.5 Å². The molecule has 0 spiro atoms. The van der Waals surface area contributed by atoms with Gasteiger partial charge >= 0.3 is 0 Å². The molecule has 0 saturated carbocycles. The molecule has 0 radical (unpaired) electrons. The van der Waals surface area contributed by atoms with Gasteiger partial charge in [0.05, 0.1) is 74.2 Å². The molecular weight excluding hydrogens is 728 g/mol. The second kappa shape index (κ2) is 17.2. The van der Waals surface area contributed by atoms with E-state index in [1.165, 1.54) is 53.7 Å². The zero-order valence-corrected chi connectivity index (χ0v) is 30.9. The molecule has 6 rings (SSSR count). The number of phenolic OH excluding ortho intramolecular Hbond substituents is 1. The highest BCUT2D eigenvalue weighted by Gasteiger charge is 2.50. The van der Waals surface area contributed by atoms with E-state index in [1.807, 2.05) is 0 Å². The van der Waals surface area contributed by atoms with E-state index in [1.54, 1.807) is 24.3 Å². The van der Waals surface area contributed by atoms with Gasteiger partial charge in [0.25, 0.3) is 0 Å². The number of aliphatic hydroxyl groups excluding tert-OH is 6. The van der Waals surface area contributed by atoms with Crippen molar-refractivity contribution >= 4 is 0 Å². The average Bonchev–Trinajstić information content (AvgIpc) is 3.83. The number of methoxy groups -OCH3 is 5. The largest absolute Gasteiger partial charge is 0.502 e. The fourth-order valence-electron chi connectivity index (χ4n) is 7.30. The van der Waals surface area contributed by atoms with E-state index in [9.17, 15) is 35.7 Å². The van der Waals surface area contributed by atoms with Crippen molar-refractivity contribution in [3.05, 3.63) is 59.2 Å². The quantitative estimate of drug-likeness (QED) is 0.115. The second-order valence-corrected chi connectivity index (χ2v) is 13.4. The Hall–Kier alpha value is -4.30. The molecule has 3 aliphatic heterocycles. The van der Waals surface area contributed by atoms with Crippen molar-refractivity contribution in [1.29, 1.82) is 0 Å². The molecule has 3 heterocycles. The number of aliphatic hydroxyl groups is 6. The van der Waals surface area contributed by atoms with E-state index in [2.05, 4.69) is 0 Å². The molecule has 0 amide bonds. The number of hydrogen-bond acceptors (Lipinski definition) is 17. The van der Waals surface area contributed by atoms with E-state index in [4.69, 9.17) is 47.4 Å². The first-order chi connectivity index (χ1) is 26.5. The maximum absolute atomic E-state index is 11.4. The molecule has 55 heavy (non-hydrogen) atoms. The van der Waals surface area contributed by atoms with Gasteiger partial charge in [-0.1, -0.05) is 6.07 Å². The Labute approximate surface area is 317 Å². The number of ether oxygens (including phenoxy) is 10. The zero-order valence-electron chi connectivity index (χ0n) is 30.9. The third-order valence-electron chi connectivity index (χ3n) is 10.3. The predicted molar refractivity (Wildman–Crippen MR) is 189 cm³/mol. The average molecular weight is 777 g/mol. The first kappa shape index (κ1) is 40.4. The predicted octanol–water partition coefficient (Wildman–Crippen LogP) is 1.16. The Morgan fingerprint density at radius 1 is 0.673 bits per heavy atom. The van der Waals surface area contributed by atoms with Crippen LogP contribution in [0.4, 0.5) is 0 Å². The van der Waals surface area contributed by atoms with Crippen LogP contribution in [0.5, 0.6) is 46.0 Å². The first-order valence-corrected chi connectivity index (χ1v) is 17.6. The van der Waals surface area contributed by atoms with E-state index in [0.29, 0.717) is 18.8 Å². The molecule has 3 aromatic rings. The minimum Gasteiger partial charge on any atom is -0.502 e. The Morgan fingerprint density at radius 2 is 1.22 bits per heavy atom. The fourth-order valence-corrected chi connectivity index (χ4v) is 7.30. The minimum absolute atomic E-state index is 0.0308. The number of aromatic hydroxyl groups is 1. The third kappa shape index (κ3) is 7.76. The lowest BCUT2D eigenvalue weighted by Crippen LogP contribution is -2.60. The van der Waals surface area contributed by atoms with Gasteiger partial charge in [0.2, 0.25) is 17.8 Å². The zero-order chi connectivity index (χ0) is 39.6. The fraction of sp³-hybridized carbons (Fsp3) is 0.526. The number of phenols is 1. The van der Waals surface area contributed by atoms with Crippen LogP contribution >= 0.6 is 0 Å². The second-order valence-electron chi connectivity index (χ2n) is 13.4. The molecule has 0 aromatic heterocycles. The van der Waals surface area contributed by atoms with Crippen LogP contribution in [-0.2, 0) is 14.2 Å². The van der Waals surface area contributed by atoms with Gasteiger partial charge in [-0.2, -0.15) is 0 Å². The normalized spacial score (nSPS) is 28.5. The molecule has 302 valence electrons. The van der Waals surface area contributed by atoms with E-state index >= 15 is 0 Å². The van der Waals surface area contributed by atoms with Crippen molar-refractivity contribution in [2.45, 2.75) is 55.1 Å². The summed E-state index contributed by atoms with van der Waals surface area (Å²) in [6.45, 7) is -0.370. The summed E-state index contributed by atoms with van der Waals surface area (Å²) in [6, 6.07) is 11.2. The SMILES string of the molecule is COc1cc([C@H](O)[C@@H](CO)Oc2c(OC)cc([C@@H]3O[C@H](c4cc(OC)c(O)c(OC)c4)[C@H]4COC[C@H]43)cc2OC)ccc1O[C@@H]1O[C@H](CO)[C@@H](O)[C@H](O)[C@H]1O. The topological polar surface area (TPSA) is 234 Å². The highest BCUT2D eigenvalue weighted by Crippen LogP contribution is 2.55. The van der Waals surface area contributed by atoms with Gasteiger partial charge < -0.3 is 83.1 Å². The van der Waals surface area contributed by atoms with Crippen LogP contribution in [-0.4, -0.2) is 135 Å². The van der Waals surface area contributed by atoms with Crippen LogP contribution < -0.4 is 33.2 Å². The maximum Gasteiger partial charge on any atom is 0.229 e. The lowest BCUT2D eigenvalue weighted by Gasteiger charge is -2.39. The molecule has 0 aliphatic carbocycles. The summed E-state index contributed by atoms with van der Waals surface area (Å²) in [6.07, 6.45) is -11.1. The van der Waals surface area contributed by atoms with E-state index in [0.717, 1.165) is 5.56 Å². The molecule has 7 N–H and O–H groups in total. The molecule has 3 aromatic carbocycles. The van der Waals surface area contributed by atoms with Crippen molar-refractivity contribution < 1.29 is 83.1 Å². The monoisotopic (exact) mass is 776 g/mol. The minimum atomic E-state index is -1.65. The Bertz CT molecular complexity index is 1720. The third-order valence-corrected chi connectivity index (χ3v) is 10.3. The Morgan fingerprint density at radius 3 is 1.73 bits per heavy atom. The summed E-state index contributed by atoms with van der Waals surface area (Å²) in [5, 5.41) is 72.6. The molecule has 0 bridgehead atoms. The molecule has 11 atom stereocenters. The number of hydrogen-bond donors (Lipinski definition) is 7. The highest BCUT2D eigenvalue weighted by atomic mass is 16.7. The van der Waals surface area contributed by atoms with Gasteiger partial charge in [-0.25, -0.2) is 0 Å². The summed E-state index contributed by atoms with van der Waals surface area (Å²) in [5.74, 6) is 1.06. The maximum atomic E-state index is 11.4. The van der Waals surface area contributed by atoms with Crippen molar-refractivity contribution in [1.82, 2.24) is 0 Å². The molecule has 3 aliphatic rings. The summed E-state index contributed by atoms with van der Waals surface area (Å²) < 4.78 is 57.7. The molecule has 17 heteroatoms. The first-order valence-electron chi connectivity index (χ1n) is 17.6. The van der Waals surface area contributed by atoms with E-state index < -0.39 is 68.3 Å². The van der Waals surface area contributed by atoms with Crippen molar-refractivity contribution in [3.63, 3.8) is 0 Å². The van der Waals surface area contributed by atoms with Crippen LogP contribution in [0.3, 0.4) is 0 Å². The van der Waals surface area contributed by atoms with Gasteiger partial charge in [0.15, 0.2) is 40.6 Å². The van der Waals surface area contributed by atoms with Crippen molar-refractivity contribution in [3.8, 4) is 46.0 Å². The van der Waals surface area contributed by atoms with Crippen molar-refractivity contribution in [2.75, 3.05) is 62.0 Å². The molecular formula is C38H48O17. The molecule has 3 saturated heterocycles. The molecule has 3 fully saturated rings.